The molecule has 2 aromatic carbocycles. The van der Waals surface area contributed by atoms with Crippen molar-refractivity contribution < 1.29 is 29.2 Å². The number of hydrogen-bond acceptors (Lipinski definition) is 6. The first-order valence-corrected chi connectivity index (χ1v) is 17.1. The zero-order valence-electron chi connectivity index (χ0n) is 26.2. The van der Waals surface area contributed by atoms with Gasteiger partial charge >= 0.3 is 0 Å². The Morgan fingerprint density at radius 1 is 0.929 bits per heavy atom. The fraction of sp³-hybridized carbons (Fsp3) is 0.471. The lowest BCUT2D eigenvalue weighted by atomic mass is 9.70. The number of fused-ring (bicyclic) bond motifs is 4. The van der Waals surface area contributed by atoms with Crippen LogP contribution in [-0.4, -0.2) is 53.6 Å². The molecule has 2 aliphatic rings. The first-order chi connectivity index (χ1) is 19.8. The molecule has 1 aliphatic carbocycles. The molecule has 42 heavy (non-hydrogen) atoms. The minimum Gasteiger partial charge on any atom is -0.543 e. The van der Waals surface area contributed by atoms with Gasteiger partial charge in [-0.25, -0.2) is 0 Å². The molecule has 0 unspecified atom stereocenters. The van der Waals surface area contributed by atoms with E-state index in [9.17, 15) is 15.3 Å². The molecular formula is C34H45NO6Si. The minimum absolute atomic E-state index is 0.101. The number of hydrogen-bond donors (Lipinski definition) is 3. The highest BCUT2D eigenvalue weighted by Crippen LogP contribution is 2.59. The molecule has 3 N–H and O–H groups in total. The molecule has 0 saturated heterocycles. The van der Waals surface area contributed by atoms with Crippen LogP contribution < -0.4 is 9.16 Å². The third kappa shape index (κ3) is 4.46. The summed E-state index contributed by atoms with van der Waals surface area (Å²) in [5.74, 6) is 0.562. The lowest BCUT2D eigenvalue weighted by Crippen LogP contribution is -2.50. The second-order valence-corrected chi connectivity index (χ2v) is 18.5. The average Bonchev–Trinajstić information content (AvgIpc) is 3.17. The molecule has 0 fully saturated rings. The van der Waals surface area contributed by atoms with Gasteiger partial charge in [-0.2, -0.15) is 0 Å². The number of nitrogens with zero attached hydrogens (tertiary/aromatic N) is 1. The van der Waals surface area contributed by atoms with Crippen LogP contribution in [0.2, 0.25) is 16.6 Å². The maximum Gasteiger partial charge on any atom is 0.258 e. The van der Waals surface area contributed by atoms with E-state index < -0.39 is 25.9 Å². The number of methoxy groups -OCH3 is 1. The molecule has 0 radical (unpaired) electrons. The summed E-state index contributed by atoms with van der Waals surface area (Å²) in [5, 5.41) is 35.2. The summed E-state index contributed by atoms with van der Waals surface area (Å²) >= 11 is 0. The van der Waals surface area contributed by atoms with Gasteiger partial charge in [0.15, 0.2) is 0 Å². The van der Waals surface area contributed by atoms with Crippen molar-refractivity contribution in [2.45, 2.75) is 89.6 Å². The maximum absolute atomic E-state index is 12.0. The molecule has 1 aromatic heterocycles. The second kappa shape index (κ2) is 10.8. The van der Waals surface area contributed by atoms with E-state index in [4.69, 9.17) is 13.9 Å². The predicted molar refractivity (Wildman–Crippen MR) is 169 cm³/mol. The van der Waals surface area contributed by atoms with Crippen molar-refractivity contribution >= 4 is 19.5 Å². The van der Waals surface area contributed by atoms with E-state index >= 15 is 0 Å². The van der Waals surface area contributed by atoms with Crippen molar-refractivity contribution in [2.24, 2.45) is 0 Å². The van der Waals surface area contributed by atoms with Crippen molar-refractivity contribution in [3.05, 3.63) is 65.2 Å². The van der Waals surface area contributed by atoms with E-state index in [1.807, 2.05) is 62.4 Å². The van der Waals surface area contributed by atoms with Crippen LogP contribution in [0.25, 0.3) is 16.8 Å². The summed E-state index contributed by atoms with van der Waals surface area (Å²) in [7, 11) is -0.636. The fourth-order valence-electron chi connectivity index (χ4n) is 7.66. The van der Waals surface area contributed by atoms with Crippen molar-refractivity contribution in [2.75, 3.05) is 13.7 Å². The van der Waals surface area contributed by atoms with Crippen LogP contribution in [0.4, 0.5) is 0 Å². The lowest BCUT2D eigenvalue weighted by molar-refractivity contribution is 0.108. The smallest absolute Gasteiger partial charge is 0.258 e. The summed E-state index contributed by atoms with van der Waals surface area (Å²) < 4.78 is 20.6. The van der Waals surface area contributed by atoms with Gasteiger partial charge in [-0.1, -0.05) is 59.7 Å². The molecule has 8 heteroatoms. The van der Waals surface area contributed by atoms with Crippen LogP contribution in [0, 0.1) is 0 Å². The largest absolute Gasteiger partial charge is 0.543 e. The molecule has 1 aliphatic heterocycles. The summed E-state index contributed by atoms with van der Waals surface area (Å²) in [6.07, 6.45) is -1.01. The van der Waals surface area contributed by atoms with Crippen LogP contribution >= 0.6 is 0 Å². The van der Waals surface area contributed by atoms with E-state index in [0.717, 1.165) is 11.3 Å². The summed E-state index contributed by atoms with van der Waals surface area (Å²) in [4.78, 5) is 0. The Balaban J connectivity index is 1.72. The Bertz CT molecular complexity index is 1480. The van der Waals surface area contributed by atoms with E-state index in [1.165, 1.54) is 4.57 Å². The third-order valence-electron chi connectivity index (χ3n) is 9.30. The molecule has 7 nitrogen and oxygen atoms in total. The Hall–Kier alpha value is -3.20. The van der Waals surface area contributed by atoms with Gasteiger partial charge in [-0.3, -0.25) is 4.57 Å². The average molecular weight is 592 g/mol. The molecule has 0 spiro atoms. The number of benzene rings is 2. The molecule has 2 heterocycles. The standard InChI is InChI=1S/C34H45NO6Si/c1-19(2)42(20(3)4,21(5)6)41-23-15-16-24-26(17-23)40-34(7,8)30-28(24)31(36)25(18-39-9)27-29(30)33(38)35(32(27)37)22-13-11-10-12-14-22/h10-17,19-21,25,31,36-38H,18H2,1-9H3/t25-,31+/m1/s1. The molecule has 3 aromatic rings. The van der Waals surface area contributed by atoms with Crippen LogP contribution in [0.3, 0.4) is 0 Å². The number of aliphatic hydroxyl groups excluding tert-OH is 1. The van der Waals surface area contributed by atoms with Crippen LogP contribution in [0.15, 0.2) is 48.5 Å². The highest BCUT2D eigenvalue weighted by atomic mass is 28.4. The molecule has 0 amide bonds. The van der Waals surface area contributed by atoms with Gasteiger partial charge in [0.25, 0.3) is 8.32 Å². The van der Waals surface area contributed by atoms with Gasteiger partial charge in [-0.15, -0.1) is 0 Å². The molecular weight excluding hydrogens is 546 g/mol. The Morgan fingerprint density at radius 2 is 1.55 bits per heavy atom. The van der Waals surface area contributed by atoms with Gasteiger partial charge < -0.3 is 29.2 Å². The van der Waals surface area contributed by atoms with Crippen LogP contribution in [0.1, 0.15) is 78.0 Å². The van der Waals surface area contributed by atoms with Crippen molar-refractivity contribution in [1.82, 2.24) is 4.57 Å². The summed E-state index contributed by atoms with van der Waals surface area (Å²) in [6, 6.07) is 15.1. The highest BCUT2D eigenvalue weighted by Gasteiger charge is 2.50. The molecule has 0 saturated carbocycles. The van der Waals surface area contributed by atoms with E-state index in [0.29, 0.717) is 50.3 Å². The van der Waals surface area contributed by atoms with E-state index in [1.54, 1.807) is 7.11 Å². The number of aromatic hydroxyl groups is 2. The van der Waals surface area contributed by atoms with Gasteiger partial charge in [0.2, 0.25) is 11.8 Å². The molecule has 2 atom stereocenters. The first kappa shape index (κ1) is 30.3. The zero-order valence-corrected chi connectivity index (χ0v) is 27.2. The highest BCUT2D eigenvalue weighted by molar-refractivity contribution is 6.78. The minimum atomic E-state index is -2.21. The monoisotopic (exact) mass is 591 g/mol. The summed E-state index contributed by atoms with van der Waals surface area (Å²) in [6.45, 7) is 17.6. The van der Waals surface area contributed by atoms with Crippen molar-refractivity contribution in [3.8, 4) is 28.9 Å². The van der Waals surface area contributed by atoms with Gasteiger partial charge in [0.05, 0.1) is 24.0 Å². The van der Waals surface area contributed by atoms with E-state index in [-0.39, 0.29) is 18.4 Å². The summed E-state index contributed by atoms with van der Waals surface area (Å²) in [5.41, 5.74) is 3.90. The quantitative estimate of drug-likeness (QED) is 0.233. The van der Waals surface area contributed by atoms with Crippen LogP contribution in [0.5, 0.6) is 23.3 Å². The topological polar surface area (TPSA) is 93.3 Å². The Morgan fingerprint density at radius 3 is 2.12 bits per heavy atom. The Labute approximate surface area is 250 Å². The number of aliphatic hydroxyl groups is 1. The second-order valence-electron chi connectivity index (χ2n) is 13.1. The van der Waals surface area contributed by atoms with Crippen molar-refractivity contribution in [3.63, 3.8) is 0 Å². The van der Waals surface area contributed by atoms with Crippen molar-refractivity contribution in [1.29, 1.82) is 0 Å². The van der Waals surface area contributed by atoms with Gasteiger partial charge in [-0.05, 0) is 54.7 Å². The molecule has 226 valence electrons. The zero-order chi connectivity index (χ0) is 30.7. The lowest BCUT2D eigenvalue weighted by Gasteiger charge is -2.44. The fourth-order valence-corrected chi connectivity index (χ4v) is 12.9. The number of aromatic nitrogens is 1. The molecule has 0 bridgehead atoms. The number of para-hydroxylation sites is 1. The number of ether oxygens (including phenoxy) is 2. The van der Waals surface area contributed by atoms with E-state index in [2.05, 4.69) is 41.5 Å². The maximum atomic E-state index is 12.0. The predicted octanol–water partition coefficient (Wildman–Crippen LogP) is 7.63. The SMILES string of the molecule is COC[C@@H]1c2c(c(O)n(-c3ccccc3)c2O)C2=C(c3ccc(O[Si](C(C)C)(C(C)C)C(C)C)cc3OC2(C)C)[C@H]1O. The Kier molecular flexibility index (Phi) is 7.79. The molecule has 5 rings (SSSR count). The number of rotatable bonds is 8. The van der Waals surface area contributed by atoms with Gasteiger partial charge in [0.1, 0.15) is 17.1 Å². The van der Waals surface area contributed by atoms with Crippen LogP contribution in [-0.2, 0) is 4.74 Å². The first-order valence-electron chi connectivity index (χ1n) is 14.9. The van der Waals surface area contributed by atoms with Gasteiger partial charge in [0, 0.05) is 41.4 Å². The third-order valence-corrected chi connectivity index (χ3v) is 15.3. The normalized spacial score (nSPS) is 19.5.